The van der Waals surface area contributed by atoms with Crippen molar-refractivity contribution in [3.63, 3.8) is 0 Å². The van der Waals surface area contributed by atoms with Gasteiger partial charge in [0.05, 0.1) is 5.52 Å². The van der Waals surface area contributed by atoms with Crippen LogP contribution in [0.4, 0.5) is 16.3 Å². The average molecular weight is 395 g/mol. The summed E-state index contributed by atoms with van der Waals surface area (Å²) >= 11 is 5.99. The van der Waals surface area contributed by atoms with Crippen molar-refractivity contribution in [2.24, 2.45) is 0 Å². The molecule has 1 aliphatic rings. The summed E-state index contributed by atoms with van der Waals surface area (Å²) in [5.41, 5.74) is 4.17. The fraction of sp³-hybridized carbons (Fsp3) is 0.273. The van der Waals surface area contributed by atoms with Crippen LogP contribution in [0.5, 0.6) is 0 Å². The number of para-hydroxylation sites is 1. The molecule has 2 amide bonds. The van der Waals surface area contributed by atoms with Gasteiger partial charge in [-0.3, -0.25) is 0 Å². The summed E-state index contributed by atoms with van der Waals surface area (Å²) in [6.07, 6.45) is 0. The highest BCUT2D eigenvalue weighted by Crippen LogP contribution is 2.25. The van der Waals surface area contributed by atoms with Crippen LogP contribution < -0.4 is 10.2 Å². The quantitative estimate of drug-likeness (QED) is 0.675. The van der Waals surface area contributed by atoms with Crippen LogP contribution in [-0.2, 0) is 0 Å². The molecule has 1 aromatic heterocycles. The molecule has 1 aliphatic heterocycles. The second-order valence-electron chi connectivity index (χ2n) is 7.18. The normalized spacial score (nSPS) is 14.4. The molecule has 0 atom stereocenters. The van der Waals surface area contributed by atoms with Crippen molar-refractivity contribution in [1.29, 1.82) is 0 Å². The Morgan fingerprint density at radius 1 is 1.00 bits per heavy atom. The molecule has 6 heteroatoms. The van der Waals surface area contributed by atoms with E-state index in [1.54, 1.807) is 12.1 Å². The Morgan fingerprint density at radius 3 is 2.50 bits per heavy atom. The molecule has 5 nitrogen and oxygen atoms in total. The molecular weight excluding hydrogens is 372 g/mol. The molecule has 28 heavy (non-hydrogen) atoms. The minimum absolute atomic E-state index is 0.0968. The summed E-state index contributed by atoms with van der Waals surface area (Å²) in [6, 6.07) is 15.5. The number of anilines is 2. The van der Waals surface area contributed by atoms with E-state index in [4.69, 9.17) is 16.6 Å². The molecule has 0 bridgehead atoms. The second-order valence-corrected chi connectivity index (χ2v) is 7.62. The minimum Gasteiger partial charge on any atom is -0.353 e. The Hall–Kier alpha value is -2.79. The number of hydrogen-bond donors (Lipinski definition) is 1. The number of nitrogens with zero attached hydrogens (tertiary/aromatic N) is 3. The van der Waals surface area contributed by atoms with E-state index in [9.17, 15) is 4.79 Å². The number of piperazine rings is 1. The highest BCUT2D eigenvalue weighted by Gasteiger charge is 2.22. The molecule has 2 heterocycles. The minimum atomic E-state index is -0.0968. The van der Waals surface area contributed by atoms with Crippen molar-refractivity contribution in [3.05, 3.63) is 64.7 Å². The Balaban J connectivity index is 1.45. The van der Waals surface area contributed by atoms with E-state index < -0.39 is 0 Å². The fourth-order valence-corrected chi connectivity index (χ4v) is 3.80. The average Bonchev–Trinajstić information content (AvgIpc) is 2.69. The highest BCUT2D eigenvalue weighted by atomic mass is 35.5. The molecule has 0 aliphatic carbocycles. The molecule has 1 saturated heterocycles. The van der Waals surface area contributed by atoms with E-state index in [2.05, 4.69) is 48.3 Å². The van der Waals surface area contributed by atoms with Gasteiger partial charge in [-0.05, 0) is 49.2 Å². The molecule has 0 spiro atoms. The molecule has 144 valence electrons. The molecule has 4 rings (SSSR count). The molecule has 0 radical (unpaired) electrons. The number of hydrogen-bond acceptors (Lipinski definition) is 3. The SMILES string of the molecule is Cc1cc(N2CCN(C(=O)Nc3cccc(Cl)c3)CC2)nc2c(C)cccc12. The first kappa shape index (κ1) is 18.6. The largest absolute Gasteiger partial charge is 0.353 e. The number of carbonyl (C=O) groups is 1. The van der Waals surface area contributed by atoms with Crippen LogP contribution in [0.15, 0.2) is 48.5 Å². The standard InChI is InChI=1S/C22H23ClN4O/c1-15-5-3-8-19-16(2)13-20(25-21(15)19)26-9-11-27(12-10-26)22(28)24-18-7-4-6-17(23)14-18/h3-8,13-14H,9-12H2,1-2H3,(H,24,28). The molecule has 1 N–H and O–H groups in total. The first-order chi connectivity index (χ1) is 13.5. The van der Waals surface area contributed by atoms with Crippen molar-refractivity contribution >= 4 is 40.0 Å². The number of fused-ring (bicyclic) bond motifs is 1. The number of nitrogens with one attached hydrogen (secondary N) is 1. The summed E-state index contributed by atoms with van der Waals surface area (Å²) in [4.78, 5) is 21.5. The number of halogens is 1. The molecule has 1 fully saturated rings. The lowest BCUT2D eigenvalue weighted by Gasteiger charge is -2.35. The van der Waals surface area contributed by atoms with E-state index in [0.29, 0.717) is 23.8 Å². The van der Waals surface area contributed by atoms with Crippen molar-refractivity contribution in [1.82, 2.24) is 9.88 Å². The highest BCUT2D eigenvalue weighted by molar-refractivity contribution is 6.30. The van der Waals surface area contributed by atoms with Crippen LogP contribution in [0.2, 0.25) is 5.02 Å². The predicted molar refractivity (Wildman–Crippen MR) is 115 cm³/mol. The maximum Gasteiger partial charge on any atom is 0.321 e. The number of pyridine rings is 1. The molecule has 0 saturated carbocycles. The van der Waals surface area contributed by atoms with Crippen LogP contribution in [0.3, 0.4) is 0 Å². The summed E-state index contributed by atoms with van der Waals surface area (Å²) in [5, 5.41) is 4.72. The zero-order valence-electron chi connectivity index (χ0n) is 16.1. The van der Waals surface area contributed by atoms with Gasteiger partial charge in [0, 0.05) is 42.3 Å². The van der Waals surface area contributed by atoms with Gasteiger partial charge in [0.15, 0.2) is 0 Å². The van der Waals surface area contributed by atoms with Gasteiger partial charge in [0.25, 0.3) is 0 Å². The number of amides is 2. The number of rotatable bonds is 2. The second kappa shape index (κ2) is 7.68. The van der Waals surface area contributed by atoms with Crippen LogP contribution in [0, 0.1) is 13.8 Å². The van der Waals surface area contributed by atoms with Gasteiger partial charge in [-0.1, -0.05) is 35.9 Å². The third-order valence-corrected chi connectivity index (χ3v) is 5.44. The Bertz CT molecular complexity index is 1030. The molecule has 2 aromatic carbocycles. The van der Waals surface area contributed by atoms with E-state index in [1.807, 2.05) is 17.0 Å². The lowest BCUT2D eigenvalue weighted by Crippen LogP contribution is -2.50. The summed E-state index contributed by atoms with van der Waals surface area (Å²) in [5.74, 6) is 0.981. The van der Waals surface area contributed by atoms with Crippen LogP contribution in [-0.4, -0.2) is 42.1 Å². The van der Waals surface area contributed by atoms with Crippen LogP contribution in [0.25, 0.3) is 10.9 Å². The maximum absolute atomic E-state index is 12.5. The first-order valence-electron chi connectivity index (χ1n) is 9.45. The van der Waals surface area contributed by atoms with Gasteiger partial charge >= 0.3 is 6.03 Å². The zero-order chi connectivity index (χ0) is 19.7. The lowest BCUT2D eigenvalue weighted by atomic mass is 10.1. The van der Waals surface area contributed by atoms with Gasteiger partial charge in [0.2, 0.25) is 0 Å². The van der Waals surface area contributed by atoms with Crippen LogP contribution >= 0.6 is 11.6 Å². The van der Waals surface area contributed by atoms with Gasteiger partial charge < -0.3 is 15.1 Å². The van der Waals surface area contributed by atoms with E-state index in [0.717, 1.165) is 24.4 Å². The van der Waals surface area contributed by atoms with Crippen molar-refractivity contribution in [2.45, 2.75) is 13.8 Å². The zero-order valence-corrected chi connectivity index (χ0v) is 16.8. The third kappa shape index (κ3) is 3.76. The van der Waals surface area contributed by atoms with Crippen molar-refractivity contribution in [3.8, 4) is 0 Å². The topological polar surface area (TPSA) is 48.5 Å². The number of urea groups is 1. The summed E-state index contributed by atoms with van der Waals surface area (Å²) in [6.45, 7) is 7.04. The molecule has 0 unspecified atom stereocenters. The number of carbonyl (C=O) groups excluding carboxylic acids is 1. The number of aromatic nitrogens is 1. The number of benzene rings is 2. The van der Waals surface area contributed by atoms with Gasteiger partial charge in [-0.25, -0.2) is 9.78 Å². The number of aryl methyl sites for hydroxylation is 2. The van der Waals surface area contributed by atoms with E-state index in [-0.39, 0.29) is 6.03 Å². The van der Waals surface area contributed by atoms with E-state index in [1.165, 1.54) is 16.5 Å². The molecular formula is C22H23ClN4O. The first-order valence-corrected chi connectivity index (χ1v) is 9.82. The Labute approximate surface area is 169 Å². The molecule has 3 aromatic rings. The Kier molecular flexibility index (Phi) is 5.09. The van der Waals surface area contributed by atoms with Crippen molar-refractivity contribution in [2.75, 3.05) is 36.4 Å². The third-order valence-electron chi connectivity index (χ3n) is 5.20. The van der Waals surface area contributed by atoms with Crippen LogP contribution in [0.1, 0.15) is 11.1 Å². The van der Waals surface area contributed by atoms with Gasteiger partial charge in [0.1, 0.15) is 5.82 Å². The smallest absolute Gasteiger partial charge is 0.321 e. The van der Waals surface area contributed by atoms with Gasteiger partial charge in [-0.15, -0.1) is 0 Å². The summed E-state index contributed by atoms with van der Waals surface area (Å²) < 4.78 is 0. The predicted octanol–water partition coefficient (Wildman–Crippen LogP) is 4.86. The van der Waals surface area contributed by atoms with Crippen molar-refractivity contribution < 1.29 is 4.79 Å². The maximum atomic E-state index is 12.5. The van der Waals surface area contributed by atoms with E-state index >= 15 is 0 Å². The Morgan fingerprint density at radius 2 is 1.75 bits per heavy atom. The monoisotopic (exact) mass is 394 g/mol. The van der Waals surface area contributed by atoms with Gasteiger partial charge in [-0.2, -0.15) is 0 Å². The summed E-state index contributed by atoms with van der Waals surface area (Å²) in [7, 11) is 0. The fourth-order valence-electron chi connectivity index (χ4n) is 3.61. The lowest BCUT2D eigenvalue weighted by molar-refractivity contribution is 0.208.